The smallest absolute Gasteiger partial charge is 0.146 e. The van der Waals surface area contributed by atoms with Gasteiger partial charge in [0.2, 0.25) is 0 Å². The molecule has 26 heavy (non-hydrogen) atoms. The summed E-state index contributed by atoms with van der Waals surface area (Å²) in [4.78, 5) is 1.53. The average Bonchev–Trinajstić information content (AvgIpc) is 2.88. The van der Waals surface area contributed by atoms with Crippen molar-refractivity contribution in [3.05, 3.63) is 44.3 Å². The van der Waals surface area contributed by atoms with E-state index in [1.807, 2.05) is 18.2 Å². The molecule has 2 aromatic carbocycles. The Morgan fingerprint density at radius 2 is 1.31 bits per heavy atom. The topological polar surface area (TPSA) is 50.9 Å². The lowest BCUT2D eigenvalue weighted by molar-refractivity contribution is 0.438. The second-order valence-corrected chi connectivity index (χ2v) is 10.3. The number of phenols is 1. The van der Waals surface area contributed by atoms with E-state index in [-0.39, 0.29) is 16.6 Å². The monoisotopic (exact) mass is 479 g/mol. The van der Waals surface area contributed by atoms with Gasteiger partial charge in [-0.25, -0.2) is 0 Å². The lowest BCUT2D eigenvalue weighted by atomic mass is 9.80. The molecule has 3 aromatic rings. The first-order chi connectivity index (χ1) is 11.9. The molecular formula is C20H23Br2N3O. The number of aromatic hydroxyl groups is 1. The molecule has 0 fully saturated rings. The maximum Gasteiger partial charge on any atom is 0.146 e. The van der Waals surface area contributed by atoms with Crippen molar-refractivity contribution in [3.8, 4) is 11.4 Å². The molecule has 0 aliphatic heterocycles. The minimum Gasteiger partial charge on any atom is -0.505 e. The van der Waals surface area contributed by atoms with Gasteiger partial charge in [-0.3, -0.25) is 0 Å². The van der Waals surface area contributed by atoms with Crippen molar-refractivity contribution in [2.24, 2.45) is 0 Å². The highest BCUT2D eigenvalue weighted by Gasteiger charge is 2.26. The van der Waals surface area contributed by atoms with Crippen LogP contribution < -0.4 is 0 Å². The van der Waals surface area contributed by atoms with Gasteiger partial charge in [0.15, 0.2) is 0 Å². The Morgan fingerprint density at radius 1 is 0.808 bits per heavy atom. The van der Waals surface area contributed by atoms with Crippen LogP contribution in [0, 0.1) is 0 Å². The highest BCUT2D eigenvalue weighted by molar-refractivity contribution is 9.13. The van der Waals surface area contributed by atoms with E-state index >= 15 is 0 Å². The second kappa shape index (κ2) is 6.34. The quantitative estimate of drug-likeness (QED) is 0.448. The summed E-state index contributed by atoms with van der Waals surface area (Å²) in [5.41, 5.74) is 3.91. The molecular weight excluding hydrogens is 458 g/mol. The predicted octanol–water partition coefficient (Wildman–Crippen LogP) is 6.25. The SMILES string of the molecule is CC(C)(C)c1cc(-n2nc3cc(Br)c(Br)cc3n2)c(O)c(C(C)(C)C)c1. The third kappa shape index (κ3) is 3.54. The molecule has 3 rings (SSSR count). The van der Waals surface area contributed by atoms with E-state index in [1.165, 1.54) is 4.80 Å². The van der Waals surface area contributed by atoms with Crippen molar-refractivity contribution >= 4 is 42.9 Å². The highest BCUT2D eigenvalue weighted by Crippen LogP contribution is 2.39. The summed E-state index contributed by atoms with van der Waals surface area (Å²) < 4.78 is 1.83. The molecule has 0 atom stereocenters. The number of nitrogens with zero attached hydrogens (tertiary/aromatic N) is 3. The van der Waals surface area contributed by atoms with Gasteiger partial charge in [0.25, 0.3) is 0 Å². The molecule has 0 saturated heterocycles. The molecule has 0 saturated carbocycles. The number of halogens is 2. The van der Waals surface area contributed by atoms with Gasteiger partial charge in [-0.15, -0.1) is 15.0 Å². The van der Waals surface area contributed by atoms with E-state index < -0.39 is 0 Å². The molecule has 0 spiro atoms. The van der Waals surface area contributed by atoms with Gasteiger partial charge >= 0.3 is 0 Å². The van der Waals surface area contributed by atoms with Gasteiger partial charge in [-0.1, -0.05) is 47.6 Å². The summed E-state index contributed by atoms with van der Waals surface area (Å²) in [7, 11) is 0. The van der Waals surface area contributed by atoms with Crippen LogP contribution in [0.5, 0.6) is 5.75 Å². The maximum absolute atomic E-state index is 11.0. The number of benzene rings is 2. The summed E-state index contributed by atoms with van der Waals surface area (Å²) in [6, 6.07) is 7.90. The Bertz CT molecular complexity index is 956. The number of phenolic OH excluding ortho intramolecular Hbond substituents is 1. The minimum absolute atomic E-state index is 0.0545. The Kier molecular flexibility index (Phi) is 4.72. The van der Waals surface area contributed by atoms with E-state index in [2.05, 4.69) is 89.7 Å². The third-order valence-corrected chi connectivity index (χ3v) is 6.25. The molecule has 138 valence electrons. The van der Waals surface area contributed by atoms with Crippen molar-refractivity contribution in [2.75, 3.05) is 0 Å². The van der Waals surface area contributed by atoms with Crippen molar-refractivity contribution in [1.82, 2.24) is 15.0 Å². The zero-order valence-electron chi connectivity index (χ0n) is 15.9. The van der Waals surface area contributed by atoms with Gasteiger partial charge in [0.05, 0.1) is 0 Å². The number of aromatic nitrogens is 3. The second-order valence-electron chi connectivity index (χ2n) is 8.64. The fourth-order valence-electron chi connectivity index (χ4n) is 2.80. The summed E-state index contributed by atoms with van der Waals surface area (Å²) in [5, 5.41) is 20.2. The van der Waals surface area contributed by atoms with Gasteiger partial charge < -0.3 is 5.11 Å². The Morgan fingerprint density at radius 3 is 1.73 bits per heavy atom. The molecule has 1 heterocycles. The average molecular weight is 481 g/mol. The van der Waals surface area contributed by atoms with E-state index in [0.717, 1.165) is 31.1 Å². The zero-order valence-corrected chi connectivity index (χ0v) is 19.0. The molecule has 1 N–H and O–H groups in total. The highest BCUT2D eigenvalue weighted by atomic mass is 79.9. The normalized spacial score (nSPS) is 12.8. The summed E-state index contributed by atoms with van der Waals surface area (Å²) in [6.07, 6.45) is 0. The molecule has 0 amide bonds. The van der Waals surface area contributed by atoms with Crippen LogP contribution in [0.4, 0.5) is 0 Å². The summed E-state index contributed by atoms with van der Waals surface area (Å²) in [5.74, 6) is 0.226. The lowest BCUT2D eigenvalue weighted by Crippen LogP contribution is -2.18. The molecule has 0 aliphatic rings. The number of rotatable bonds is 1. The molecule has 0 aliphatic carbocycles. The maximum atomic E-state index is 11.0. The first-order valence-corrected chi connectivity index (χ1v) is 10.1. The number of hydrogen-bond donors (Lipinski definition) is 1. The van der Waals surface area contributed by atoms with Crippen LogP contribution in [0.3, 0.4) is 0 Å². The Labute approximate surface area is 170 Å². The van der Waals surface area contributed by atoms with Crippen LogP contribution >= 0.6 is 31.9 Å². The fraction of sp³-hybridized carbons (Fsp3) is 0.400. The van der Waals surface area contributed by atoms with E-state index in [4.69, 9.17) is 0 Å². The third-order valence-electron chi connectivity index (χ3n) is 4.40. The van der Waals surface area contributed by atoms with Crippen LogP contribution in [0.1, 0.15) is 52.7 Å². The van der Waals surface area contributed by atoms with Crippen molar-refractivity contribution < 1.29 is 5.11 Å². The van der Waals surface area contributed by atoms with E-state index in [9.17, 15) is 5.11 Å². The van der Waals surface area contributed by atoms with E-state index in [0.29, 0.717) is 5.69 Å². The summed E-state index contributed by atoms with van der Waals surface area (Å²) >= 11 is 7.00. The predicted molar refractivity (Wildman–Crippen MR) is 113 cm³/mol. The zero-order chi connectivity index (χ0) is 19.4. The van der Waals surface area contributed by atoms with Gasteiger partial charge in [0, 0.05) is 14.5 Å². The first-order valence-electron chi connectivity index (χ1n) is 8.48. The summed E-state index contributed by atoms with van der Waals surface area (Å²) in [6.45, 7) is 12.8. The molecule has 1 aromatic heterocycles. The van der Waals surface area contributed by atoms with Gasteiger partial charge in [0.1, 0.15) is 22.5 Å². The van der Waals surface area contributed by atoms with Crippen LogP contribution in [0.25, 0.3) is 16.7 Å². The fourth-order valence-corrected chi connectivity index (χ4v) is 3.46. The van der Waals surface area contributed by atoms with Gasteiger partial charge in [-0.05, 0) is 66.5 Å². The largest absolute Gasteiger partial charge is 0.505 e. The molecule has 4 nitrogen and oxygen atoms in total. The van der Waals surface area contributed by atoms with Crippen molar-refractivity contribution in [2.45, 2.75) is 52.4 Å². The van der Waals surface area contributed by atoms with Gasteiger partial charge in [-0.2, -0.15) is 0 Å². The molecule has 6 heteroatoms. The standard InChI is InChI=1S/C20H23Br2N3O/c1-19(2,3)11-7-12(20(4,5)6)18(26)17(8-11)25-23-15-9-13(21)14(22)10-16(15)24-25/h7-10,26H,1-6H3. The van der Waals surface area contributed by atoms with Crippen LogP contribution in [0.2, 0.25) is 0 Å². The molecule has 0 bridgehead atoms. The van der Waals surface area contributed by atoms with E-state index in [1.54, 1.807) is 0 Å². The Balaban J connectivity index is 2.30. The van der Waals surface area contributed by atoms with Crippen LogP contribution in [-0.2, 0) is 10.8 Å². The van der Waals surface area contributed by atoms with Crippen LogP contribution in [0.15, 0.2) is 33.2 Å². The minimum atomic E-state index is -0.196. The number of hydrogen-bond acceptors (Lipinski definition) is 3. The number of fused-ring (bicyclic) bond motifs is 1. The Hall–Kier alpha value is -1.40. The molecule has 0 unspecified atom stereocenters. The van der Waals surface area contributed by atoms with Crippen LogP contribution in [-0.4, -0.2) is 20.1 Å². The van der Waals surface area contributed by atoms with Crippen molar-refractivity contribution in [1.29, 1.82) is 0 Å². The lowest BCUT2D eigenvalue weighted by Gasteiger charge is -2.27. The molecule has 0 radical (unpaired) electrons. The first kappa shape index (κ1) is 19.4. The van der Waals surface area contributed by atoms with Crippen molar-refractivity contribution in [3.63, 3.8) is 0 Å².